The first-order chi connectivity index (χ1) is 9.69. The van der Waals surface area contributed by atoms with Crippen LogP contribution in [0.4, 0.5) is 11.5 Å². The first kappa shape index (κ1) is 12.4. The highest BCUT2D eigenvalue weighted by molar-refractivity contribution is 5.98. The van der Waals surface area contributed by atoms with Gasteiger partial charge in [-0.3, -0.25) is 4.79 Å². The van der Waals surface area contributed by atoms with E-state index in [1.807, 2.05) is 24.3 Å². The minimum atomic E-state index is -0.0618. The normalized spacial score (nSPS) is 13.7. The van der Waals surface area contributed by atoms with Crippen LogP contribution in [0, 0.1) is 0 Å². The first-order valence-electron chi connectivity index (χ1n) is 6.22. The van der Waals surface area contributed by atoms with Gasteiger partial charge in [-0.2, -0.15) is 0 Å². The van der Waals surface area contributed by atoms with Crippen molar-refractivity contribution >= 4 is 17.4 Å². The lowest BCUT2D eigenvalue weighted by molar-refractivity contribution is -0.120. The fourth-order valence-electron chi connectivity index (χ4n) is 2.08. The second-order valence-electron chi connectivity index (χ2n) is 4.46. The number of nitrogens with zero attached hydrogens (tertiary/aromatic N) is 3. The van der Waals surface area contributed by atoms with Gasteiger partial charge >= 0.3 is 0 Å². The molecule has 102 valence electrons. The average Bonchev–Trinajstić information content (AvgIpc) is 2.51. The van der Waals surface area contributed by atoms with Crippen LogP contribution in [0.2, 0.25) is 0 Å². The highest BCUT2D eigenvalue weighted by Gasteiger charge is 2.22. The number of amides is 1. The van der Waals surface area contributed by atoms with Crippen molar-refractivity contribution in [1.29, 1.82) is 0 Å². The van der Waals surface area contributed by atoms with Crippen LogP contribution in [0.25, 0.3) is 11.3 Å². The Bertz CT molecular complexity index is 672. The average molecular weight is 270 g/mol. The van der Waals surface area contributed by atoms with E-state index >= 15 is 0 Å². The van der Waals surface area contributed by atoms with Crippen LogP contribution in [-0.4, -0.2) is 36.6 Å². The van der Waals surface area contributed by atoms with Crippen molar-refractivity contribution in [1.82, 2.24) is 9.97 Å². The Labute approximate surface area is 116 Å². The molecule has 1 amide bonds. The molecule has 0 saturated carbocycles. The molecule has 0 fully saturated rings. The van der Waals surface area contributed by atoms with E-state index in [0.717, 1.165) is 22.8 Å². The first-order valence-corrected chi connectivity index (χ1v) is 6.22. The number of rotatable bonds is 2. The summed E-state index contributed by atoms with van der Waals surface area (Å²) < 4.78 is 5.41. The Hall–Kier alpha value is -2.63. The van der Waals surface area contributed by atoms with Crippen molar-refractivity contribution in [3.8, 4) is 17.0 Å². The fraction of sp³-hybridized carbons (Fsp3) is 0.214. The zero-order valence-corrected chi connectivity index (χ0v) is 11.3. The number of carbonyl (C=O) groups is 1. The lowest BCUT2D eigenvalue weighted by atomic mass is 10.1. The third-order valence-corrected chi connectivity index (χ3v) is 3.26. The van der Waals surface area contributed by atoms with E-state index < -0.39 is 0 Å². The summed E-state index contributed by atoms with van der Waals surface area (Å²) in [6.07, 6.45) is 1.51. The SMILES string of the molecule is CNc1cc(-c2ccc3c(c2)N(C)C(=O)CO3)ncn1. The van der Waals surface area contributed by atoms with E-state index in [0.29, 0.717) is 5.75 Å². The summed E-state index contributed by atoms with van der Waals surface area (Å²) in [6.45, 7) is 0.0836. The molecule has 2 aromatic rings. The summed E-state index contributed by atoms with van der Waals surface area (Å²) in [5, 5.41) is 2.97. The van der Waals surface area contributed by atoms with Crippen LogP contribution in [0.15, 0.2) is 30.6 Å². The molecular weight excluding hydrogens is 256 g/mol. The van der Waals surface area contributed by atoms with E-state index in [1.165, 1.54) is 6.33 Å². The molecule has 1 aromatic carbocycles. The number of likely N-dealkylation sites (N-methyl/N-ethyl adjacent to an activating group) is 1. The minimum absolute atomic E-state index is 0.0618. The van der Waals surface area contributed by atoms with Gasteiger partial charge in [-0.15, -0.1) is 0 Å². The van der Waals surface area contributed by atoms with Crippen LogP contribution >= 0.6 is 0 Å². The van der Waals surface area contributed by atoms with Gasteiger partial charge in [0.05, 0.1) is 11.4 Å². The highest BCUT2D eigenvalue weighted by Crippen LogP contribution is 2.34. The molecule has 0 spiro atoms. The second kappa shape index (κ2) is 4.80. The Morgan fingerprint density at radius 2 is 2.15 bits per heavy atom. The van der Waals surface area contributed by atoms with E-state index in [4.69, 9.17) is 4.74 Å². The molecule has 0 unspecified atom stereocenters. The molecule has 20 heavy (non-hydrogen) atoms. The van der Waals surface area contributed by atoms with Gasteiger partial charge in [0, 0.05) is 25.7 Å². The van der Waals surface area contributed by atoms with Crippen LogP contribution in [-0.2, 0) is 4.79 Å². The maximum absolute atomic E-state index is 11.7. The molecule has 6 nitrogen and oxygen atoms in total. The molecule has 1 aliphatic rings. The zero-order valence-electron chi connectivity index (χ0n) is 11.3. The summed E-state index contributed by atoms with van der Waals surface area (Å²) in [6, 6.07) is 7.53. The van der Waals surface area contributed by atoms with Crippen LogP contribution in [0.5, 0.6) is 5.75 Å². The summed E-state index contributed by atoms with van der Waals surface area (Å²) in [5.74, 6) is 1.39. The third kappa shape index (κ3) is 2.05. The van der Waals surface area contributed by atoms with Gasteiger partial charge in [0.25, 0.3) is 5.91 Å². The van der Waals surface area contributed by atoms with Gasteiger partial charge in [0.15, 0.2) is 6.61 Å². The van der Waals surface area contributed by atoms with Crippen LogP contribution in [0.3, 0.4) is 0 Å². The quantitative estimate of drug-likeness (QED) is 0.896. The number of nitrogens with one attached hydrogen (secondary N) is 1. The lowest BCUT2D eigenvalue weighted by Crippen LogP contribution is -2.35. The molecule has 1 aliphatic heterocycles. The number of carbonyl (C=O) groups excluding carboxylic acids is 1. The van der Waals surface area contributed by atoms with E-state index in [1.54, 1.807) is 19.0 Å². The Balaban J connectivity index is 2.05. The Morgan fingerprint density at radius 3 is 2.95 bits per heavy atom. The number of hydrogen-bond donors (Lipinski definition) is 1. The number of anilines is 2. The smallest absolute Gasteiger partial charge is 0.264 e. The molecule has 0 saturated heterocycles. The van der Waals surface area contributed by atoms with Crippen molar-refractivity contribution < 1.29 is 9.53 Å². The molecule has 2 heterocycles. The van der Waals surface area contributed by atoms with E-state index in [9.17, 15) is 4.79 Å². The summed E-state index contributed by atoms with van der Waals surface area (Å²) >= 11 is 0. The lowest BCUT2D eigenvalue weighted by Gasteiger charge is -2.26. The van der Waals surface area contributed by atoms with Gasteiger partial charge in [-0.25, -0.2) is 9.97 Å². The molecule has 6 heteroatoms. The van der Waals surface area contributed by atoms with Crippen molar-refractivity contribution in [3.63, 3.8) is 0 Å². The molecule has 0 atom stereocenters. The largest absolute Gasteiger partial charge is 0.482 e. The number of ether oxygens (including phenoxy) is 1. The number of benzene rings is 1. The van der Waals surface area contributed by atoms with E-state index in [-0.39, 0.29) is 12.5 Å². The fourth-order valence-corrected chi connectivity index (χ4v) is 2.08. The Morgan fingerprint density at radius 1 is 1.30 bits per heavy atom. The van der Waals surface area contributed by atoms with Crippen LogP contribution < -0.4 is 15.0 Å². The topological polar surface area (TPSA) is 67.4 Å². The van der Waals surface area contributed by atoms with Gasteiger partial charge in [0.2, 0.25) is 0 Å². The highest BCUT2D eigenvalue weighted by atomic mass is 16.5. The minimum Gasteiger partial charge on any atom is -0.482 e. The molecule has 0 radical (unpaired) electrons. The van der Waals surface area contributed by atoms with Crippen LogP contribution in [0.1, 0.15) is 0 Å². The van der Waals surface area contributed by atoms with Crippen molar-refractivity contribution in [3.05, 3.63) is 30.6 Å². The predicted molar refractivity (Wildman–Crippen MR) is 75.9 cm³/mol. The van der Waals surface area contributed by atoms with Crippen molar-refractivity contribution in [2.75, 3.05) is 30.9 Å². The number of hydrogen-bond acceptors (Lipinski definition) is 5. The van der Waals surface area contributed by atoms with Gasteiger partial charge < -0.3 is 15.0 Å². The van der Waals surface area contributed by atoms with Gasteiger partial charge in [-0.1, -0.05) is 0 Å². The van der Waals surface area contributed by atoms with Crippen molar-refractivity contribution in [2.45, 2.75) is 0 Å². The summed E-state index contributed by atoms with van der Waals surface area (Å²) in [4.78, 5) is 21.6. The number of aromatic nitrogens is 2. The summed E-state index contributed by atoms with van der Waals surface area (Å²) in [5.41, 5.74) is 2.45. The third-order valence-electron chi connectivity index (χ3n) is 3.26. The molecule has 3 rings (SSSR count). The molecule has 1 aromatic heterocycles. The number of fused-ring (bicyclic) bond motifs is 1. The van der Waals surface area contributed by atoms with Crippen molar-refractivity contribution in [2.24, 2.45) is 0 Å². The molecule has 0 bridgehead atoms. The molecule has 0 aliphatic carbocycles. The monoisotopic (exact) mass is 270 g/mol. The predicted octanol–water partition coefficient (Wildman–Crippen LogP) is 1.54. The zero-order chi connectivity index (χ0) is 14.1. The van der Waals surface area contributed by atoms with Gasteiger partial charge in [-0.05, 0) is 18.2 Å². The van der Waals surface area contributed by atoms with Gasteiger partial charge in [0.1, 0.15) is 17.9 Å². The molecular formula is C14H14N4O2. The maximum Gasteiger partial charge on any atom is 0.264 e. The maximum atomic E-state index is 11.7. The second-order valence-corrected chi connectivity index (χ2v) is 4.46. The Kier molecular flexibility index (Phi) is 2.98. The van der Waals surface area contributed by atoms with E-state index in [2.05, 4.69) is 15.3 Å². The summed E-state index contributed by atoms with van der Waals surface area (Å²) in [7, 11) is 3.55. The standard InChI is InChI=1S/C14H14N4O2/c1-15-13-6-10(16-8-17-13)9-3-4-12-11(5-9)18(2)14(19)7-20-12/h3-6,8H,7H2,1-2H3,(H,15,16,17). The molecule has 1 N–H and O–H groups in total.